The molecule has 0 unspecified atom stereocenters. The third-order valence-electron chi connectivity index (χ3n) is 1.87. The Morgan fingerprint density at radius 2 is 1.79 bits per heavy atom. The van der Waals surface area contributed by atoms with Crippen LogP contribution < -0.4 is 0 Å². The lowest BCUT2D eigenvalue weighted by Crippen LogP contribution is -2.37. The normalized spacial score (nSPS) is 15.8. The fraction of sp³-hybridized carbons (Fsp3) is 0.875. The largest absolute Gasteiger partial charge is 0.400 e. The highest BCUT2D eigenvalue weighted by Gasteiger charge is 2.32. The summed E-state index contributed by atoms with van der Waals surface area (Å²) in [6, 6.07) is 0. The molecule has 0 rings (SSSR count). The highest BCUT2D eigenvalue weighted by atomic mass is 35.5. The first kappa shape index (κ1) is 14.3. The predicted octanol–water partition coefficient (Wildman–Crippen LogP) is 0.791. The highest BCUT2D eigenvalue weighted by Crippen LogP contribution is 2.29. The number of halogens is 1. The zero-order valence-electron chi connectivity index (χ0n) is 9.30. The van der Waals surface area contributed by atoms with Crippen molar-refractivity contribution in [3.8, 4) is 0 Å². The maximum absolute atomic E-state index is 10.8. The lowest BCUT2D eigenvalue weighted by Gasteiger charge is -2.33. The molecule has 0 saturated carbocycles. The van der Waals surface area contributed by atoms with Gasteiger partial charge < -0.3 is 8.85 Å². The SMILES string of the molecule is C[SiH2]OC(O[SiH2]C)C(C)(C)CC(=O)Cl. The van der Waals surface area contributed by atoms with Crippen molar-refractivity contribution in [1.29, 1.82) is 0 Å². The van der Waals surface area contributed by atoms with Crippen molar-refractivity contribution in [2.24, 2.45) is 5.41 Å². The van der Waals surface area contributed by atoms with E-state index in [1.165, 1.54) is 0 Å². The van der Waals surface area contributed by atoms with Gasteiger partial charge in [0.1, 0.15) is 6.29 Å². The van der Waals surface area contributed by atoms with Crippen LogP contribution in [-0.4, -0.2) is 31.1 Å². The van der Waals surface area contributed by atoms with E-state index in [9.17, 15) is 4.79 Å². The summed E-state index contributed by atoms with van der Waals surface area (Å²) in [4.78, 5) is 10.8. The van der Waals surface area contributed by atoms with E-state index in [-0.39, 0.29) is 16.9 Å². The average Bonchev–Trinajstić information content (AvgIpc) is 2.01. The van der Waals surface area contributed by atoms with Gasteiger partial charge in [-0.2, -0.15) is 0 Å². The third-order valence-corrected chi connectivity index (χ3v) is 3.27. The van der Waals surface area contributed by atoms with Crippen LogP contribution in [0.15, 0.2) is 0 Å². The first-order valence-electron chi connectivity index (χ1n) is 4.85. The van der Waals surface area contributed by atoms with E-state index in [1.54, 1.807) is 0 Å². The minimum atomic E-state index is -0.525. The first-order valence-corrected chi connectivity index (χ1v) is 9.21. The predicted molar refractivity (Wildman–Crippen MR) is 64.0 cm³/mol. The van der Waals surface area contributed by atoms with Gasteiger partial charge in [0.25, 0.3) is 0 Å². The molecule has 0 radical (unpaired) electrons. The molecule has 0 N–H and O–H groups in total. The Kier molecular flexibility index (Phi) is 6.89. The van der Waals surface area contributed by atoms with Gasteiger partial charge in [-0.3, -0.25) is 4.79 Å². The minimum absolute atomic E-state index is 0.251. The average molecular weight is 255 g/mol. The summed E-state index contributed by atoms with van der Waals surface area (Å²) in [5, 5.41) is -0.331. The molecule has 0 aliphatic rings. The molecule has 84 valence electrons. The molecular weight excluding hydrogens is 236 g/mol. The van der Waals surface area contributed by atoms with Crippen LogP contribution in [0.25, 0.3) is 0 Å². The quantitative estimate of drug-likeness (QED) is 0.383. The second kappa shape index (κ2) is 6.73. The molecule has 0 spiro atoms. The molecule has 0 aliphatic carbocycles. The van der Waals surface area contributed by atoms with Crippen LogP contribution in [0.1, 0.15) is 20.3 Å². The number of hydrogen-bond donors (Lipinski definition) is 0. The zero-order chi connectivity index (χ0) is 11.2. The molecule has 0 aliphatic heterocycles. The smallest absolute Gasteiger partial charge is 0.222 e. The number of carbonyl (C=O) groups is 1. The van der Waals surface area contributed by atoms with Crippen molar-refractivity contribution < 1.29 is 13.6 Å². The summed E-state index contributed by atoms with van der Waals surface area (Å²) in [5.41, 5.74) is -0.315. The molecule has 0 saturated heterocycles. The molecule has 0 aromatic rings. The molecule has 14 heavy (non-hydrogen) atoms. The highest BCUT2D eigenvalue weighted by molar-refractivity contribution is 6.63. The summed E-state index contributed by atoms with van der Waals surface area (Å²) in [6.07, 6.45) is 0.0423. The van der Waals surface area contributed by atoms with Gasteiger partial charge in [0.2, 0.25) is 5.24 Å². The van der Waals surface area contributed by atoms with Crippen LogP contribution in [-0.2, 0) is 13.6 Å². The summed E-state index contributed by atoms with van der Waals surface area (Å²) in [7, 11) is -1.05. The molecular formula is C8H19ClO3Si2. The maximum Gasteiger partial charge on any atom is 0.222 e. The molecule has 6 heteroatoms. The van der Waals surface area contributed by atoms with Crippen molar-refractivity contribution in [3.05, 3.63) is 0 Å². The summed E-state index contributed by atoms with van der Waals surface area (Å²) < 4.78 is 11.2. The molecule has 0 amide bonds. The number of carbonyl (C=O) groups excluding carboxylic acids is 1. The molecule has 0 bridgehead atoms. The molecule has 0 fully saturated rings. The van der Waals surface area contributed by atoms with Gasteiger partial charge in [-0.15, -0.1) is 0 Å². The van der Waals surface area contributed by atoms with E-state index < -0.39 is 19.5 Å². The van der Waals surface area contributed by atoms with Gasteiger partial charge in [-0.25, -0.2) is 0 Å². The molecule has 3 nitrogen and oxygen atoms in total. The first-order chi connectivity index (χ1) is 6.44. The lowest BCUT2D eigenvalue weighted by atomic mass is 9.89. The fourth-order valence-electron chi connectivity index (χ4n) is 1.24. The topological polar surface area (TPSA) is 35.5 Å². The summed E-state index contributed by atoms with van der Waals surface area (Å²) >= 11 is 5.38. The Bertz CT molecular complexity index is 181. The van der Waals surface area contributed by atoms with Gasteiger partial charge in [0.05, 0.1) is 0 Å². The van der Waals surface area contributed by atoms with Crippen LogP contribution >= 0.6 is 11.6 Å². The van der Waals surface area contributed by atoms with Gasteiger partial charge in [0, 0.05) is 11.8 Å². The van der Waals surface area contributed by atoms with Crippen molar-refractivity contribution in [2.75, 3.05) is 0 Å². The van der Waals surface area contributed by atoms with E-state index in [1.807, 2.05) is 26.9 Å². The van der Waals surface area contributed by atoms with Crippen LogP contribution in [0.5, 0.6) is 0 Å². The summed E-state index contributed by atoms with van der Waals surface area (Å²) in [6.45, 7) is 8.00. The molecule has 0 atom stereocenters. The molecule has 0 aromatic heterocycles. The van der Waals surface area contributed by atoms with Gasteiger partial charge >= 0.3 is 0 Å². The Morgan fingerprint density at radius 1 is 1.36 bits per heavy atom. The van der Waals surface area contributed by atoms with Crippen LogP contribution in [0.3, 0.4) is 0 Å². The van der Waals surface area contributed by atoms with Gasteiger partial charge in [-0.1, -0.05) is 26.9 Å². The second-order valence-corrected chi connectivity index (χ2v) is 6.01. The van der Waals surface area contributed by atoms with E-state index in [2.05, 4.69) is 0 Å². The monoisotopic (exact) mass is 254 g/mol. The molecule has 0 heterocycles. The van der Waals surface area contributed by atoms with Crippen LogP contribution in [0, 0.1) is 5.41 Å². The van der Waals surface area contributed by atoms with Crippen molar-refractivity contribution in [1.82, 2.24) is 0 Å². The second-order valence-electron chi connectivity index (χ2n) is 3.76. The van der Waals surface area contributed by atoms with Crippen LogP contribution in [0.4, 0.5) is 0 Å². The molecule has 0 aromatic carbocycles. The number of hydrogen-bond acceptors (Lipinski definition) is 3. The van der Waals surface area contributed by atoms with E-state index >= 15 is 0 Å². The number of rotatable bonds is 7. The standard InChI is InChI=1S/C8H19ClO3Si2/c1-8(2,5-6(9)10)7(11-13-3)12-14-4/h7H,5,13-14H2,1-4H3. The van der Waals surface area contributed by atoms with E-state index in [0.29, 0.717) is 6.42 Å². The van der Waals surface area contributed by atoms with Crippen molar-refractivity contribution in [2.45, 2.75) is 39.7 Å². The van der Waals surface area contributed by atoms with E-state index in [4.69, 9.17) is 20.5 Å². The van der Waals surface area contributed by atoms with Crippen LogP contribution in [0.2, 0.25) is 13.1 Å². The van der Waals surface area contributed by atoms with Crippen molar-refractivity contribution in [3.63, 3.8) is 0 Å². The Hall–Kier alpha value is 0.314. The van der Waals surface area contributed by atoms with Crippen molar-refractivity contribution >= 4 is 36.4 Å². The van der Waals surface area contributed by atoms with E-state index in [0.717, 1.165) is 0 Å². The lowest BCUT2D eigenvalue weighted by molar-refractivity contribution is -0.122. The Morgan fingerprint density at radius 3 is 2.07 bits per heavy atom. The Labute approximate surface area is 95.4 Å². The van der Waals surface area contributed by atoms with Gasteiger partial charge in [-0.05, 0) is 11.6 Å². The third kappa shape index (κ3) is 5.26. The Balaban J connectivity index is 4.35. The zero-order valence-corrected chi connectivity index (χ0v) is 12.9. The van der Waals surface area contributed by atoms with Gasteiger partial charge in [0.15, 0.2) is 19.5 Å². The minimum Gasteiger partial charge on any atom is -0.400 e. The summed E-state index contributed by atoms with van der Waals surface area (Å²) in [5.74, 6) is 0. The fourth-order valence-corrected chi connectivity index (χ4v) is 3.48. The maximum atomic E-state index is 10.8.